The summed E-state index contributed by atoms with van der Waals surface area (Å²) < 4.78 is 16.0. The molecule has 0 aliphatic carbocycles. The maximum atomic E-state index is 13.5. The Balaban J connectivity index is 1.84. The molecule has 1 aromatic heterocycles. The molecule has 0 saturated carbocycles. The molecule has 9 heteroatoms. The van der Waals surface area contributed by atoms with E-state index in [1.807, 2.05) is 54.3 Å². The van der Waals surface area contributed by atoms with Crippen molar-refractivity contribution in [2.45, 2.75) is 19.9 Å². The summed E-state index contributed by atoms with van der Waals surface area (Å²) in [5, 5.41) is 10.5. The largest absolute Gasteiger partial charge is 0.497 e. The van der Waals surface area contributed by atoms with E-state index in [-0.39, 0.29) is 5.91 Å². The topological polar surface area (TPSA) is 88.9 Å². The molecule has 0 unspecified atom stereocenters. The van der Waals surface area contributed by atoms with Crippen LogP contribution in [-0.4, -0.2) is 30.4 Å². The number of aromatic nitrogens is 1. The first kappa shape index (κ1) is 22.3. The van der Waals surface area contributed by atoms with Gasteiger partial charge in [-0.25, -0.2) is 0 Å². The zero-order valence-corrected chi connectivity index (χ0v) is 19.5. The van der Waals surface area contributed by atoms with Crippen LogP contribution in [0.2, 0.25) is 0 Å². The molecule has 8 nitrogen and oxygen atoms in total. The summed E-state index contributed by atoms with van der Waals surface area (Å²) in [6.07, 6.45) is 0. The maximum absolute atomic E-state index is 13.5. The third kappa shape index (κ3) is 4.54. The molecule has 0 spiro atoms. The molecule has 2 N–H and O–H groups in total. The fourth-order valence-corrected chi connectivity index (χ4v) is 4.14. The molecule has 2 heterocycles. The lowest BCUT2D eigenvalue weighted by atomic mass is 9.93. The van der Waals surface area contributed by atoms with Crippen molar-refractivity contribution < 1.29 is 18.8 Å². The molecule has 0 radical (unpaired) electrons. The Kier molecular flexibility index (Phi) is 6.32. The Morgan fingerprint density at radius 1 is 1.09 bits per heavy atom. The van der Waals surface area contributed by atoms with Crippen molar-refractivity contribution in [2.24, 2.45) is 0 Å². The zero-order chi connectivity index (χ0) is 23.5. The highest BCUT2D eigenvalue weighted by atomic mass is 32.1. The number of nitrogens with one attached hydrogen (secondary N) is 2. The van der Waals surface area contributed by atoms with E-state index < -0.39 is 6.04 Å². The molecule has 170 valence electrons. The number of methoxy groups -OCH3 is 2. The second-order valence-electron chi connectivity index (χ2n) is 7.48. The van der Waals surface area contributed by atoms with Gasteiger partial charge in [0.1, 0.15) is 17.3 Å². The number of hydrogen-bond acceptors (Lipinski definition) is 6. The second-order valence-corrected chi connectivity index (χ2v) is 7.86. The fraction of sp³-hybridized carbons (Fsp3) is 0.208. The Morgan fingerprint density at radius 3 is 2.33 bits per heavy atom. The molecule has 1 aliphatic heterocycles. The summed E-state index contributed by atoms with van der Waals surface area (Å²) in [4.78, 5) is 15.4. The van der Waals surface area contributed by atoms with E-state index in [4.69, 9.17) is 26.2 Å². The molecule has 1 aliphatic rings. The van der Waals surface area contributed by atoms with Gasteiger partial charge in [0, 0.05) is 23.5 Å². The van der Waals surface area contributed by atoms with Gasteiger partial charge < -0.3 is 24.6 Å². The van der Waals surface area contributed by atoms with Crippen molar-refractivity contribution in [2.75, 3.05) is 24.4 Å². The van der Waals surface area contributed by atoms with Crippen molar-refractivity contribution in [3.63, 3.8) is 0 Å². The summed E-state index contributed by atoms with van der Waals surface area (Å²) in [5.74, 6) is 1.81. The lowest BCUT2D eigenvalue weighted by molar-refractivity contribution is -0.113. The summed E-state index contributed by atoms with van der Waals surface area (Å²) in [5.41, 5.74) is 2.77. The van der Waals surface area contributed by atoms with Crippen LogP contribution in [0.4, 0.5) is 11.5 Å². The zero-order valence-electron chi connectivity index (χ0n) is 18.7. The molecule has 3 aromatic rings. The highest BCUT2D eigenvalue weighted by Crippen LogP contribution is 2.36. The number of anilines is 2. The number of para-hydroxylation sites is 1. The number of ether oxygens (including phenoxy) is 2. The van der Waals surface area contributed by atoms with Crippen LogP contribution in [-0.2, 0) is 4.79 Å². The summed E-state index contributed by atoms with van der Waals surface area (Å²) in [6, 6.07) is 16.2. The number of amides is 1. The minimum Gasteiger partial charge on any atom is -0.497 e. The normalized spacial score (nSPS) is 15.8. The number of carbonyl (C=O) groups is 1. The first-order chi connectivity index (χ1) is 15.9. The lowest BCUT2D eigenvalue weighted by Crippen LogP contribution is -2.48. The van der Waals surface area contributed by atoms with E-state index in [0.29, 0.717) is 39.5 Å². The minimum absolute atomic E-state index is 0.330. The maximum Gasteiger partial charge on any atom is 0.257 e. The van der Waals surface area contributed by atoms with Crippen molar-refractivity contribution in [1.29, 1.82) is 0 Å². The highest BCUT2D eigenvalue weighted by Gasteiger charge is 2.35. The standard InChI is InChI=1S/C24H24N4O4S/c1-14-10-20(27-32-14)25-23(29)21-15(2)28(17-8-6-5-7-9-17)24(33)26-22(21)16-11-18(30-3)13-19(12-16)31-4/h5-13,22H,1-4H3,(H,26,33)(H,25,27,29)/t22-/m0/s1. The summed E-state index contributed by atoms with van der Waals surface area (Å²) in [6.45, 7) is 3.63. The molecule has 0 bridgehead atoms. The predicted molar refractivity (Wildman–Crippen MR) is 130 cm³/mol. The molecule has 2 aromatic carbocycles. The Labute approximate surface area is 197 Å². The van der Waals surface area contributed by atoms with Crippen LogP contribution in [0, 0.1) is 6.92 Å². The molecule has 1 amide bonds. The van der Waals surface area contributed by atoms with Crippen LogP contribution in [0.3, 0.4) is 0 Å². The molecular formula is C24H24N4O4S. The van der Waals surface area contributed by atoms with Crippen LogP contribution in [0.1, 0.15) is 24.3 Å². The number of nitrogens with zero attached hydrogens (tertiary/aromatic N) is 2. The Hall–Kier alpha value is -3.85. The van der Waals surface area contributed by atoms with E-state index in [2.05, 4.69) is 15.8 Å². The van der Waals surface area contributed by atoms with Crippen molar-refractivity contribution in [3.8, 4) is 11.5 Å². The Morgan fingerprint density at radius 2 is 1.76 bits per heavy atom. The van der Waals surface area contributed by atoms with E-state index in [9.17, 15) is 4.79 Å². The van der Waals surface area contributed by atoms with E-state index in [0.717, 1.165) is 11.3 Å². The fourth-order valence-electron chi connectivity index (χ4n) is 3.78. The molecule has 33 heavy (non-hydrogen) atoms. The molecular weight excluding hydrogens is 440 g/mol. The molecule has 0 fully saturated rings. The van der Waals surface area contributed by atoms with E-state index in [1.54, 1.807) is 33.3 Å². The first-order valence-corrected chi connectivity index (χ1v) is 10.7. The van der Waals surface area contributed by atoms with Gasteiger partial charge in [-0.2, -0.15) is 0 Å². The number of benzene rings is 2. The van der Waals surface area contributed by atoms with Gasteiger partial charge in [0.05, 0.1) is 25.8 Å². The first-order valence-electron chi connectivity index (χ1n) is 10.3. The van der Waals surface area contributed by atoms with Crippen LogP contribution < -0.4 is 25.0 Å². The van der Waals surface area contributed by atoms with Gasteiger partial charge in [-0.3, -0.25) is 9.69 Å². The predicted octanol–water partition coefficient (Wildman–Crippen LogP) is 4.35. The van der Waals surface area contributed by atoms with E-state index >= 15 is 0 Å². The van der Waals surface area contributed by atoms with Gasteiger partial charge in [-0.15, -0.1) is 0 Å². The van der Waals surface area contributed by atoms with Crippen molar-refractivity contribution in [1.82, 2.24) is 10.5 Å². The van der Waals surface area contributed by atoms with Gasteiger partial charge in [-0.05, 0) is 55.9 Å². The number of thiocarbonyl (C=S) groups is 1. The monoisotopic (exact) mass is 464 g/mol. The molecule has 1 atom stereocenters. The Bertz CT molecular complexity index is 1200. The number of allylic oxidation sites excluding steroid dienone is 1. The summed E-state index contributed by atoms with van der Waals surface area (Å²) in [7, 11) is 3.16. The molecule has 0 saturated heterocycles. The number of rotatable bonds is 6. The average Bonchev–Trinajstić information content (AvgIpc) is 3.23. The molecule has 4 rings (SSSR count). The third-order valence-corrected chi connectivity index (χ3v) is 5.62. The lowest BCUT2D eigenvalue weighted by Gasteiger charge is -2.38. The van der Waals surface area contributed by atoms with Crippen LogP contribution >= 0.6 is 12.2 Å². The second kappa shape index (κ2) is 9.33. The smallest absolute Gasteiger partial charge is 0.257 e. The van der Waals surface area contributed by atoms with Crippen LogP contribution in [0.5, 0.6) is 11.5 Å². The number of aryl methyl sites for hydroxylation is 1. The SMILES string of the molecule is COc1cc(OC)cc([C@@H]2NC(=S)N(c3ccccc3)C(C)=C2C(=O)Nc2cc(C)on2)c1. The van der Waals surface area contributed by atoms with Crippen LogP contribution in [0.25, 0.3) is 0 Å². The van der Waals surface area contributed by atoms with Crippen LogP contribution in [0.15, 0.2) is 70.4 Å². The number of carbonyl (C=O) groups excluding carboxylic acids is 1. The van der Waals surface area contributed by atoms with Gasteiger partial charge in [-0.1, -0.05) is 23.4 Å². The van der Waals surface area contributed by atoms with Crippen molar-refractivity contribution in [3.05, 3.63) is 77.2 Å². The summed E-state index contributed by atoms with van der Waals surface area (Å²) >= 11 is 5.72. The van der Waals surface area contributed by atoms with E-state index in [1.165, 1.54) is 0 Å². The van der Waals surface area contributed by atoms with Gasteiger partial charge in [0.25, 0.3) is 5.91 Å². The highest BCUT2D eigenvalue weighted by molar-refractivity contribution is 7.80. The minimum atomic E-state index is -0.547. The average molecular weight is 465 g/mol. The van der Waals surface area contributed by atoms with Crippen molar-refractivity contribution >= 4 is 34.7 Å². The van der Waals surface area contributed by atoms with Gasteiger partial charge in [0.2, 0.25) is 0 Å². The van der Waals surface area contributed by atoms with Gasteiger partial charge in [0.15, 0.2) is 10.9 Å². The number of hydrogen-bond donors (Lipinski definition) is 2. The third-order valence-electron chi connectivity index (χ3n) is 5.32. The van der Waals surface area contributed by atoms with Gasteiger partial charge >= 0.3 is 0 Å². The quantitative estimate of drug-likeness (QED) is 0.521.